The van der Waals surface area contributed by atoms with Crippen molar-refractivity contribution in [3.8, 4) is 0 Å². The van der Waals surface area contributed by atoms with E-state index in [0.29, 0.717) is 11.7 Å². The van der Waals surface area contributed by atoms with Gasteiger partial charge in [0.05, 0.1) is 6.54 Å². The zero-order valence-electron chi connectivity index (χ0n) is 13.4. The first kappa shape index (κ1) is 14.9. The molecule has 1 fully saturated rings. The van der Waals surface area contributed by atoms with E-state index in [2.05, 4.69) is 43.8 Å². The molecule has 0 bridgehead atoms. The zero-order valence-corrected chi connectivity index (χ0v) is 13.4. The van der Waals surface area contributed by atoms with Crippen molar-refractivity contribution in [2.45, 2.75) is 33.7 Å². The molecule has 2 aromatic rings. The highest BCUT2D eigenvalue weighted by molar-refractivity contribution is 5.48. The first-order valence-corrected chi connectivity index (χ1v) is 7.74. The third-order valence-corrected chi connectivity index (χ3v) is 4.09. The lowest BCUT2D eigenvalue weighted by Gasteiger charge is -2.35. The van der Waals surface area contributed by atoms with Crippen LogP contribution in [0.25, 0.3) is 0 Å². The Morgan fingerprint density at radius 3 is 2.55 bits per heavy atom. The van der Waals surface area contributed by atoms with Crippen LogP contribution >= 0.6 is 0 Å². The highest BCUT2D eigenvalue weighted by Gasteiger charge is 2.22. The Morgan fingerprint density at radius 1 is 1.14 bits per heavy atom. The van der Waals surface area contributed by atoms with E-state index >= 15 is 0 Å². The summed E-state index contributed by atoms with van der Waals surface area (Å²) in [5, 5.41) is 3.84. The molecule has 0 spiro atoms. The van der Waals surface area contributed by atoms with Gasteiger partial charge in [-0.2, -0.15) is 4.98 Å². The van der Waals surface area contributed by atoms with E-state index in [1.54, 1.807) is 6.33 Å². The maximum Gasteiger partial charge on any atom is 0.240 e. The molecule has 0 N–H and O–H groups in total. The molecule has 0 aliphatic carbocycles. The van der Waals surface area contributed by atoms with Gasteiger partial charge < -0.3 is 9.42 Å². The second kappa shape index (κ2) is 6.39. The second-order valence-corrected chi connectivity index (χ2v) is 5.61. The fraction of sp³-hybridized carbons (Fsp3) is 0.600. The van der Waals surface area contributed by atoms with Gasteiger partial charge in [-0.3, -0.25) is 4.90 Å². The maximum atomic E-state index is 5.19. The Bertz CT molecular complexity index is 633. The Morgan fingerprint density at radius 2 is 1.91 bits per heavy atom. The molecule has 7 nitrogen and oxygen atoms in total. The summed E-state index contributed by atoms with van der Waals surface area (Å²) in [5.74, 6) is 2.47. The molecule has 1 saturated heterocycles. The molecule has 3 heterocycles. The average molecular weight is 302 g/mol. The molecule has 0 aromatic carbocycles. The summed E-state index contributed by atoms with van der Waals surface area (Å²) in [7, 11) is 0. The van der Waals surface area contributed by atoms with Gasteiger partial charge in [0.1, 0.15) is 12.1 Å². The molecule has 3 rings (SSSR count). The highest BCUT2D eigenvalue weighted by atomic mass is 16.5. The number of anilines is 1. The number of aromatic nitrogens is 4. The maximum absolute atomic E-state index is 5.19. The minimum atomic E-state index is 0.692. The van der Waals surface area contributed by atoms with Crippen molar-refractivity contribution < 1.29 is 4.52 Å². The minimum absolute atomic E-state index is 0.692. The fourth-order valence-corrected chi connectivity index (χ4v) is 2.89. The standard InChI is InChI=1S/C15H22N6O/c1-4-13-11(2)16-10-17-15(13)21-7-5-20(6-8-21)9-14-18-12(3)19-22-14/h10H,4-9H2,1-3H3. The molecule has 1 aliphatic heterocycles. The second-order valence-electron chi connectivity index (χ2n) is 5.61. The number of hydrogen-bond acceptors (Lipinski definition) is 7. The molecule has 0 amide bonds. The largest absolute Gasteiger partial charge is 0.354 e. The van der Waals surface area contributed by atoms with Gasteiger partial charge in [0.2, 0.25) is 5.89 Å². The van der Waals surface area contributed by atoms with Gasteiger partial charge in [0.15, 0.2) is 5.82 Å². The van der Waals surface area contributed by atoms with Crippen LogP contribution in [0.1, 0.15) is 29.9 Å². The summed E-state index contributed by atoms with van der Waals surface area (Å²) < 4.78 is 5.19. The topological polar surface area (TPSA) is 71.2 Å². The van der Waals surface area contributed by atoms with E-state index in [0.717, 1.165) is 50.7 Å². The number of hydrogen-bond donors (Lipinski definition) is 0. The van der Waals surface area contributed by atoms with E-state index in [1.807, 2.05) is 6.92 Å². The summed E-state index contributed by atoms with van der Waals surface area (Å²) in [6.45, 7) is 10.6. The molecule has 0 saturated carbocycles. The van der Waals surface area contributed by atoms with Crippen molar-refractivity contribution in [1.29, 1.82) is 0 Å². The van der Waals surface area contributed by atoms with Crippen LogP contribution in [-0.4, -0.2) is 51.2 Å². The number of piperazine rings is 1. The minimum Gasteiger partial charge on any atom is -0.354 e. The van der Waals surface area contributed by atoms with Crippen LogP contribution in [0, 0.1) is 13.8 Å². The van der Waals surface area contributed by atoms with Crippen molar-refractivity contribution in [1.82, 2.24) is 25.0 Å². The normalized spacial score (nSPS) is 16.2. The first-order chi connectivity index (χ1) is 10.7. The summed E-state index contributed by atoms with van der Waals surface area (Å²) >= 11 is 0. The Hall–Kier alpha value is -2.02. The summed E-state index contributed by atoms with van der Waals surface area (Å²) in [6.07, 6.45) is 2.63. The number of aryl methyl sites for hydroxylation is 2. The van der Waals surface area contributed by atoms with Gasteiger partial charge in [-0.05, 0) is 20.3 Å². The molecule has 0 atom stereocenters. The Labute approximate surface area is 130 Å². The van der Waals surface area contributed by atoms with Crippen molar-refractivity contribution in [3.63, 3.8) is 0 Å². The van der Waals surface area contributed by atoms with Crippen molar-refractivity contribution in [2.24, 2.45) is 0 Å². The van der Waals surface area contributed by atoms with Gasteiger partial charge >= 0.3 is 0 Å². The molecular formula is C15H22N6O. The van der Waals surface area contributed by atoms with E-state index in [4.69, 9.17) is 4.52 Å². The zero-order chi connectivity index (χ0) is 15.5. The predicted molar refractivity (Wildman–Crippen MR) is 82.7 cm³/mol. The van der Waals surface area contributed by atoms with Crippen LogP contribution in [0.5, 0.6) is 0 Å². The number of nitrogens with zero attached hydrogens (tertiary/aromatic N) is 6. The van der Waals surface area contributed by atoms with Crippen molar-refractivity contribution >= 4 is 5.82 Å². The molecule has 0 unspecified atom stereocenters. The lowest BCUT2D eigenvalue weighted by Crippen LogP contribution is -2.46. The van der Waals surface area contributed by atoms with E-state index in [1.165, 1.54) is 5.56 Å². The lowest BCUT2D eigenvalue weighted by atomic mass is 10.1. The van der Waals surface area contributed by atoms with Gasteiger partial charge in [-0.15, -0.1) is 0 Å². The number of rotatable bonds is 4. The predicted octanol–water partition coefficient (Wildman–Crippen LogP) is 1.36. The smallest absolute Gasteiger partial charge is 0.240 e. The third-order valence-electron chi connectivity index (χ3n) is 4.09. The van der Waals surface area contributed by atoms with E-state index < -0.39 is 0 Å². The molecule has 7 heteroatoms. The van der Waals surface area contributed by atoms with Gasteiger partial charge in [-0.25, -0.2) is 9.97 Å². The third kappa shape index (κ3) is 3.09. The first-order valence-electron chi connectivity index (χ1n) is 7.74. The molecule has 22 heavy (non-hydrogen) atoms. The van der Waals surface area contributed by atoms with Crippen molar-refractivity contribution in [2.75, 3.05) is 31.1 Å². The van der Waals surface area contributed by atoms with Crippen LogP contribution in [0.3, 0.4) is 0 Å². The summed E-state index contributed by atoms with van der Waals surface area (Å²) in [5.41, 5.74) is 2.33. The van der Waals surface area contributed by atoms with Crippen LogP contribution in [0.15, 0.2) is 10.9 Å². The van der Waals surface area contributed by atoms with Crippen LogP contribution in [0.4, 0.5) is 5.82 Å². The highest BCUT2D eigenvalue weighted by Crippen LogP contribution is 2.21. The average Bonchev–Trinajstić information content (AvgIpc) is 2.93. The lowest BCUT2D eigenvalue weighted by molar-refractivity contribution is 0.215. The monoisotopic (exact) mass is 302 g/mol. The van der Waals surface area contributed by atoms with Gasteiger partial charge in [0.25, 0.3) is 0 Å². The van der Waals surface area contributed by atoms with Gasteiger partial charge in [0, 0.05) is 37.4 Å². The molecular weight excluding hydrogens is 280 g/mol. The fourth-order valence-electron chi connectivity index (χ4n) is 2.89. The quantitative estimate of drug-likeness (QED) is 0.844. The van der Waals surface area contributed by atoms with E-state index in [-0.39, 0.29) is 0 Å². The van der Waals surface area contributed by atoms with Crippen LogP contribution in [-0.2, 0) is 13.0 Å². The molecule has 118 valence electrons. The molecule has 1 aliphatic rings. The van der Waals surface area contributed by atoms with Crippen LogP contribution in [0.2, 0.25) is 0 Å². The SMILES string of the molecule is CCc1c(C)ncnc1N1CCN(Cc2nc(C)no2)CC1. The summed E-state index contributed by atoms with van der Waals surface area (Å²) in [4.78, 5) is 17.8. The summed E-state index contributed by atoms with van der Waals surface area (Å²) in [6, 6.07) is 0. The Balaban J connectivity index is 1.63. The Kier molecular flexibility index (Phi) is 4.33. The van der Waals surface area contributed by atoms with Crippen LogP contribution < -0.4 is 4.90 Å². The van der Waals surface area contributed by atoms with E-state index in [9.17, 15) is 0 Å². The van der Waals surface area contributed by atoms with Gasteiger partial charge in [-0.1, -0.05) is 12.1 Å². The molecule has 2 aromatic heterocycles. The van der Waals surface area contributed by atoms with Crippen molar-refractivity contribution in [3.05, 3.63) is 29.3 Å². The molecule has 0 radical (unpaired) electrons.